The number of thioether (sulfide) groups is 1. The molecule has 27 heavy (non-hydrogen) atoms. The highest BCUT2D eigenvalue weighted by molar-refractivity contribution is 7.99. The predicted molar refractivity (Wildman–Crippen MR) is 109 cm³/mol. The number of rotatable bonds is 6. The van der Waals surface area contributed by atoms with Crippen LogP contribution in [0.2, 0.25) is 10.0 Å². The van der Waals surface area contributed by atoms with Crippen LogP contribution < -0.4 is 16.2 Å². The zero-order valence-electron chi connectivity index (χ0n) is 14.3. The SMILES string of the molecule is CC(=O)c1cccc(NC(=O)NNC(=O)CSCc2ccc(Cl)cc2Cl)c1. The van der Waals surface area contributed by atoms with E-state index in [0.29, 0.717) is 27.0 Å². The average Bonchev–Trinajstić information content (AvgIpc) is 2.62. The first-order chi connectivity index (χ1) is 12.8. The number of urea groups is 1. The average molecular weight is 426 g/mol. The fourth-order valence-electron chi connectivity index (χ4n) is 2.03. The number of benzene rings is 2. The zero-order chi connectivity index (χ0) is 19.8. The van der Waals surface area contributed by atoms with Crippen molar-refractivity contribution in [1.82, 2.24) is 10.9 Å². The van der Waals surface area contributed by atoms with E-state index in [4.69, 9.17) is 23.2 Å². The lowest BCUT2D eigenvalue weighted by atomic mass is 10.1. The van der Waals surface area contributed by atoms with Crippen molar-refractivity contribution in [1.29, 1.82) is 0 Å². The Kier molecular flexibility index (Phi) is 7.97. The molecule has 0 saturated carbocycles. The van der Waals surface area contributed by atoms with Crippen LogP contribution in [0, 0.1) is 0 Å². The molecular formula is C18H17Cl2N3O3S. The van der Waals surface area contributed by atoms with Crippen LogP contribution in [-0.4, -0.2) is 23.5 Å². The fraction of sp³-hybridized carbons (Fsp3) is 0.167. The summed E-state index contributed by atoms with van der Waals surface area (Å²) < 4.78 is 0. The van der Waals surface area contributed by atoms with E-state index in [0.717, 1.165) is 5.56 Å². The van der Waals surface area contributed by atoms with Gasteiger partial charge in [-0.15, -0.1) is 11.8 Å². The number of hydrogen-bond donors (Lipinski definition) is 3. The third kappa shape index (κ3) is 7.13. The highest BCUT2D eigenvalue weighted by Gasteiger charge is 2.08. The highest BCUT2D eigenvalue weighted by Crippen LogP contribution is 2.24. The van der Waals surface area contributed by atoms with Crippen molar-refractivity contribution in [3.63, 3.8) is 0 Å². The van der Waals surface area contributed by atoms with Gasteiger partial charge in [0.25, 0.3) is 0 Å². The molecule has 0 unspecified atom stereocenters. The van der Waals surface area contributed by atoms with Gasteiger partial charge < -0.3 is 5.32 Å². The lowest BCUT2D eigenvalue weighted by Crippen LogP contribution is -2.44. The summed E-state index contributed by atoms with van der Waals surface area (Å²) in [7, 11) is 0. The lowest BCUT2D eigenvalue weighted by Gasteiger charge is -2.10. The maximum atomic E-state index is 11.8. The standard InChI is InChI=1S/C18H17Cl2N3O3S/c1-11(24)12-3-2-4-15(7-12)21-18(26)23-22-17(25)10-27-9-13-5-6-14(19)8-16(13)20/h2-8H,9-10H2,1H3,(H,22,25)(H2,21,23,26). The van der Waals surface area contributed by atoms with E-state index in [-0.39, 0.29) is 17.4 Å². The fourth-order valence-corrected chi connectivity index (χ4v) is 3.42. The number of ketones is 1. The molecule has 0 aromatic heterocycles. The van der Waals surface area contributed by atoms with Gasteiger partial charge >= 0.3 is 6.03 Å². The first-order valence-electron chi connectivity index (χ1n) is 7.83. The molecule has 0 aliphatic heterocycles. The van der Waals surface area contributed by atoms with Crippen molar-refractivity contribution in [2.75, 3.05) is 11.1 Å². The van der Waals surface area contributed by atoms with E-state index >= 15 is 0 Å². The number of Topliss-reactive ketones (excluding diaryl/α,β-unsaturated/α-hetero) is 1. The lowest BCUT2D eigenvalue weighted by molar-refractivity contribution is -0.119. The molecule has 0 bridgehead atoms. The monoisotopic (exact) mass is 425 g/mol. The molecular weight excluding hydrogens is 409 g/mol. The minimum absolute atomic E-state index is 0.106. The van der Waals surface area contributed by atoms with Crippen LogP contribution in [0.25, 0.3) is 0 Å². The molecule has 0 heterocycles. The summed E-state index contributed by atoms with van der Waals surface area (Å²) >= 11 is 13.3. The normalized spacial score (nSPS) is 10.2. The van der Waals surface area contributed by atoms with E-state index in [1.807, 2.05) is 0 Å². The van der Waals surface area contributed by atoms with Crippen molar-refractivity contribution in [3.8, 4) is 0 Å². The third-order valence-corrected chi connectivity index (χ3v) is 4.92. The van der Waals surface area contributed by atoms with Gasteiger partial charge in [0.2, 0.25) is 5.91 Å². The molecule has 0 aliphatic rings. The predicted octanol–water partition coefficient (Wildman–Crippen LogP) is 4.28. The van der Waals surface area contributed by atoms with Gasteiger partial charge in [-0.2, -0.15) is 0 Å². The maximum Gasteiger partial charge on any atom is 0.337 e. The van der Waals surface area contributed by atoms with Gasteiger partial charge in [0, 0.05) is 27.0 Å². The summed E-state index contributed by atoms with van der Waals surface area (Å²) in [6.07, 6.45) is 0. The van der Waals surface area contributed by atoms with Crippen LogP contribution >= 0.6 is 35.0 Å². The summed E-state index contributed by atoms with van der Waals surface area (Å²) in [4.78, 5) is 34.9. The van der Waals surface area contributed by atoms with Gasteiger partial charge in [0.05, 0.1) is 5.75 Å². The number of carbonyl (C=O) groups is 3. The summed E-state index contributed by atoms with van der Waals surface area (Å²) in [6, 6.07) is 11.1. The molecule has 142 valence electrons. The minimum Gasteiger partial charge on any atom is -0.307 e. The molecule has 0 radical (unpaired) electrons. The van der Waals surface area contributed by atoms with E-state index in [2.05, 4.69) is 16.2 Å². The van der Waals surface area contributed by atoms with E-state index in [1.165, 1.54) is 18.7 Å². The Hall–Kier alpha value is -2.22. The van der Waals surface area contributed by atoms with E-state index < -0.39 is 6.03 Å². The van der Waals surface area contributed by atoms with Crippen LogP contribution in [0.1, 0.15) is 22.8 Å². The number of hydrazine groups is 1. The second-order valence-electron chi connectivity index (χ2n) is 5.49. The third-order valence-electron chi connectivity index (χ3n) is 3.35. The van der Waals surface area contributed by atoms with Gasteiger partial charge in [-0.3, -0.25) is 15.0 Å². The molecule has 3 N–H and O–H groups in total. The van der Waals surface area contributed by atoms with Crippen molar-refractivity contribution in [3.05, 3.63) is 63.6 Å². The highest BCUT2D eigenvalue weighted by atomic mass is 35.5. The smallest absolute Gasteiger partial charge is 0.307 e. The maximum absolute atomic E-state index is 11.8. The molecule has 6 nitrogen and oxygen atoms in total. The first-order valence-corrected chi connectivity index (χ1v) is 9.74. The topological polar surface area (TPSA) is 87.3 Å². The summed E-state index contributed by atoms with van der Waals surface area (Å²) in [5.74, 6) is 0.204. The zero-order valence-corrected chi connectivity index (χ0v) is 16.7. The summed E-state index contributed by atoms with van der Waals surface area (Å²) in [6.45, 7) is 1.44. The van der Waals surface area contributed by atoms with Gasteiger partial charge in [-0.1, -0.05) is 41.4 Å². The number of anilines is 1. The quantitative estimate of drug-likeness (QED) is 0.475. The molecule has 3 amide bonds. The van der Waals surface area contributed by atoms with Gasteiger partial charge in [-0.25, -0.2) is 10.2 Å². The Morgan fingerprint density at radius 2 is 1.81 bits per heavy atom. The van der Waals surface area contributed by atoms with Crippen LogP contribution in [0.4, 0.5) is 10.5 Å². The van der Waals surface area contributed by atoms with Gasteiger partial charge in [0.1, 0.15) is 0 Å². The molecule has 2 aromatic carbocycles. The Labute approximate surface area is 171 Å². The number of halogens is 2. The molecule has 2 aromatic rings. The molecule has 0 fully saturated rings. The molecule has 0 aliphatic carbocycles. The van der Waals surface area contributed by atoms with Crippen LogP contribution in [-0.2, 0) is 10.5 Å². The number of amides is 3. The second-order valence-corrected chi connectivity index (χ2v) is 7.32. The number of nitrogens with one attached hydrogen (secondary N) is 3. The Bertz CT molecular complexity index is 861. The summed E-state index contributed by atoms with van der Waals surface area (Å²) in [5, 5.41) is 3.63. The first kappa shape index (κ1) is 21.1. The van der Waals surface area contributed by atoms with Crippen LogP contribution in [0.15, 0.2) is 42.5 Å². The van der Waals surface area contributed by atoms with E-state index in [1.54, 1.807) is 42.5 Å². The van der Waals surface area contributed by atoms with Crippen molar-refractivity contribution in [2.45, 2.75) is 12.7 Å². The van der Waals surface area contributed by atoms with Crippen molar-refractivity contribution in [2.24, 2.45) is 0 Å². The Morgan fingerprint density at radius 1 is 1.04 bits per heavy atom. The molecule has 2 rings (SSSR count). The molecule has 0 saturated heterocycles. The van der Waals surface area contributed by atoms with Gasteiger partial charge in [0.15, 0.2) is 5.78 Å². The van der Waals surface area contributed by atoms with Crippen LogP contribution in [0.3, 0.4) is 0 Å². The Morgan fingerprint density at radius 3 is 2.52 bits per heavy atom. The molecule has 0 atom stereocenters. The largest absolute Gasteiger partial charge is 0.337 e. The van der Waals surface area contributed by atoms with Gasteiger partial charge in [-0.05, 0) is 36.8 Å². The Balaban J connectivity index is 1.72. The number of carbonyl (C=O) groups excluding carboxylic acids is 3. The number of hydrogen-bond acceptors (Lipinski definition) is 4. The van der Waals surface area contributed by atoms with Crippen LogP contribution in [0.5, 0.6) is 0 Å². The second kappa shape index (κ2) is 10.2. The molecule has 9 heteroatoms. The van der Waals surface area contributed by atoms with Crippen molar-refractivity contribution >= 4 is 58.4 Å². The minimum atomic E-state index is -0.616. The molecule has 0 spiro atoms. The van der Waals surface area contributed by atoms with Crippen molar-refractivity contribution < 1.29 is 14.4 Å². The van der Waals surface area contributed by atoms with E-state index in [9.17, 15) is 14.4 Å². The summed E-state index contributed by atoms with van der Waals surface area (Å²) in [5.41, 5.74) is 6.36.